The summed E-state index contributed by atoms with van der Waals surface area (Å²) in [6.45, 7) is 4.80. The van der Waals surface area contributed by atoms with Gasteiger partial charge in [0, 0.05) is 38.6 Å². The fourth-order valence-electron chi connectivity index (χ4n) is 9.24. The first-order chi connectivity index (χ1) is 26.0. The van der Waals surface area contributed by atoms with Gasteiger partial charge in [-0.15, -0.1) is 0 Å². The number of hydrogen-bond donors (Lipinski definition) is 0. The van der Waals surface area contributed by atoms with Crippen LogP contribution in [0.4, 0.5) is 0 Å². The van der Waals surface area contributed by atoms with Crippen molar-refractivity contribution in [3.05, 3.63) is 180 Å². The molecule has 0 fully saturated rings. The maximum atomic E-state index is 5.18. The van der Waals surface area contributed by atoms with Gasteiger partial charge in [0.25, 0.3) is 0 Å². The number of hydrogen-bond acceptors (Lipinski definition) is 2. The van der Waals surface area contributed by atoms with Crippen molar-refractivity contribution in [2.75, 3.05) is 0 Å². The van der Waals surface area contributed by atoms with Gasteiger partial charge in [-0.25, -0.2) is 9.97 Å². The Balaban J connectivity index is 1.17. The summed E-state index contributed by atoms with van der Waals surface area (Å²) in [7, 11) is 0. The van der Waals surface area contributed by atoms with Gasteiger partial charge in [0.1, 0.15) is 0 Å². The number of fused-ring (bicyclic) bond motifs is 8. The number of rotatable bonds is 4. The smallest absolute Gasteiger partial charge is 0.160 e. The van der Waals surface area contributed by atoms with Crippen LogP contribution >= 0.6 is 0 Å². The molecule has 7 aromatic carbocycles. The molecule has 3 heteroatoms. The molecule has 0 bridgehead atoms. The highest BCUT2D eigenvalue weighted by atomic mass is 15.0. The van der Waals surface area contributed by atoms with Crippen LogP contribution in [0.25, 0.3) is 89.4 Å². The summed E-state index contributed by atoms with van der Waals surface area (Å²) in [5.74, 6) is 0.710. The first-order valence-electron chi connectivity index (χ1n) is 18.5. The van der Waals surface area contributed by atoms with Gasteiger partial charge < -0.3 is 4.57 Å². The Morgan fingerprint density at radius 2 is 1.25 bits per heavy atom. The van der Waals surface area contributed by atoms with Crippen molar-refractivity contribution in [2.24, 2.45) is 0 Å². The highest BCUT2D eigenvalue weighted by molar-refractivity contribution is 6.19. The Labute approximate surface area is 308 Å². The molecule has 11 rings (SSSR count). The Morgan fingerprint density at radius 3 is 2.02 bits per heavy atom. The molecule has 9 aromatic rings. The lowest BCUT2D eigenvalue weighted by atomic mass is 9.78. The largest absolute Gasteiger partial charge is 0.309 e. The van der Waals surface area contributed by atoms with Crippen LogP contribution in [0.15, 0.2) is 158 Å². The zero-order valence-corrected chi connectivity index (χ0v) is 29.6. The Hall–Kier alpha value is -6.58. The summed E-state index contributed by atoms with van der Waals surface area (Å²) in [4.78, 5) is 10.4. The minimum atomic E-state index is -0.101. The van der Waals surface area contributed by atoms with E-state index in [0.717, 1.165) is 40.2 Å². The van der Waals surface area contributed by atoms with Gasteiger partial charge >= 0.3 is 0 Å². The topological polar surface area (TPSA) is 30.7 Å². The second-order valence-electron chi connectivity index (χ2n) is 14.9. The number of aromatic nitrogens is 3. The van der Waals surface area contributed by atoms with Crippen LogP contribution in [-0.2, 0) is 11.8 Å². The van der Waals surface area contributed by atoms with E-state index in [0.29, 0.717) is 5.82 Å². The summed E-state index contributed by atoms with van der Waals surface area (Å²) in [5, 5.41) is 5.32. The first-order valence-corrected chi connectivity index (χ1v) is 18.5. The molecule has 2 aromatic heterocycles. The van der Waals surface area contributed by atoms with E-state index in [1.165, 1.54) is 66.0 Å². The second-order valence-corrected chi connectivity index (χ2v) is 14.9. The fraction of sp³-hybridized carbons (Fsp3) is 0.0800. The third-order valence-corrected chi connectivity index (χ3v) is 11.5. The van der Waals surface area contributed by atoms with E-state index in [1.807, 2.05) is 12.1 Å². The van der Waals surface area contributed by atoms with E-state index in [9.17, 15) is 0 Å². The first kappa shape index (κ1) is 30.1. The van der Waals surface area contributed by atoms with Crippen LogP contribution in [0.2, 0.25) is 0 Å². The molecule has 250 valence electrons. The quantitative estimate of drug-likeness (QED) is 0.186. The van der Waals surface area contributed by atoms with Gasteiger partial charge in [-0.05, 0) is 87.0 Å². The van der Waals surface area contributed by atoms with Crippen molar-refractivity contribution in [3.63, 3.8) is 0 Å². The van der Waals surface area contributed by atoms with Gasteiger partial charge in [0.05, 0.1) is 22.4 Å². The van der Waals surface area contributed by atoms with Crippen LogP contribution < -0.4 is 0 Å². The van der Waals surface area contributed by atoms with E-state index in [-0.39, 0.29) is 5.41 Å². The van der Waals surface area contributed by atoms with Crippen molar-refractivity contribution in [1.29, 1.82) is 0 Å². The Kier molecular flexibility index (Phi) is 6.36. The zero-order valence-electron chi connectivity index (χ0n) is 29.6. The highest BCUT2D eigenvalue weighted by Crippen LogP contribution is 2.54. The summed E-state index contributed by atoms with van der Waals surface area (Å²) in [5.41, 5.74) is 16.7. The molecular weight excluding hydrogens is 643 g/mol. The fourth-order valence-corrected chi connectivity index (χ4v) is 9.24. The maximum absolute atomic E-state index is 5.18. The molecule has 0 saturated heterocycles. The molecule has 0 spiro atoms. The average molecular weight is 678 g/mol. The minimum absolute atomic E-state index is 0.101. The van der Waals surface area contributed by atoms with E-state index in [2.05, 4.69) is 170 Å². The Bertz CT molecular complexity index is 2930. The summed E-state index contributed by atoms with van der Waals surface area (Å²) in [6, 6.07) is 54.5. The molecule has 0 aliphatic heterocycles. The molecule has 2 aliphatic rings. The average Bonchev–Trinajstić information content (AvgIpc) is 3.67. The predicted octanol–water partition coefficient (Wildman–Crippen LogP) is 12.6. The lowest BCUT2D eigenvalue weighted by Gasteiger charge is -2.26. The lowest BCUT2D eigenvalue weighted by molar-refractivity contribution is 0.666. The Morgan fingerprint density at radius 1 is 0.566 bits per heavy atom. The van der Waals surface area contributed by atoms with Crippen molar-refractivity contribution in [2.45, 2.75) is 25.7 Å². The third-order valence-electron chi connectivity index (χ3n) is 11.5. The monoisotopic (exact) mass is 677 g/mol. The van der Waals surface area contributed by atoms with Crippen molar-refractivity contribution in [1.82, 2.24) is 14.5 Å². The standard InChI is InChI=1S/C50H35N3/c1-50(2)42-25-11-9-22-36(42)39-28-33-19-14-24-38-46(33)41(47(39)50)29-40-37-23-10-12-26-45(37)53(48(38)40)35-21-13-20-34(27-35)49-51-43(31-15-5-3-6-16-31)30-44(52-49)32-17-7-4-8-18-32/h3-23,25-30H,24H2,1-2H3. The highest BCUT2D eigenvalue weighted by Gasteiger charge is 2.38. The normalized spacial score (nSPS) is 13.8. The molecule has 0 N–H and O–H groups in total. The summed E-state index contributed by atoms with van der Waals surface area (Å²) in [6.07, 6.45) is 5.57. The molecule has 0 saturated carbocycles. The van der Waals surface area contributed by atoms with Gasteiger partial charge in [-0.1, -0.05) is 141 Å². The van der Waals surface area contributed by atoms with Crippen LogP contribution in [0.5, 0.6) is 0 Å². The molecule has 2 aliphatic carbocycles. The molecule has 53 heavy (non-hydrogen) atoms. The van der Waals surface area contributed by atoms with E-state index in [4.69, 9.17) is 9.97 Å². The molecule has 0 amide bonds. The van der Waals surface area contributed by atoms with Gasteiger partial charge in [-0.3, -0.25) is 0 Å². The van der Waals surface area contributed by atoms with Crippen molar-refractivity contribution >= 4 is 38.7 Å². The second kappa shape index (κ2) is 11.2. The van der Waals surface area contributed by atoms with Crippen molar-refractivity contribution < 1.29 is 0 Å². The van der Waals surface area contributed by atoms with Crippen LogP contribution in [0, 0.1) is 0 Å². The third kappa shape index (κ3) is 4.41. The predicted molar refractivity (Wildman–Crippen MR) is 220 cm³/mol. The molecular formula is C50H35N3. The van der Waals surface area contributed by atoms with E-state index < -0.39 is 0 Å². The van der Waals surface area contributed by atoms with Gasteiger partial charge in [-0.2, -0.15) is 0 Å². The maximum Gasteiger partial charge on any atom is 0.160 e. The zero-order chi connectivity index (χ0) is 35.3. The molecule has 2 heterocycles. The summed E-state index contributed by atoms with van der Waals surface area (Å²) < 4.78 is 2.48. The number of benzene rings is 7. The number of para-hydroxylation sites is 1. The van der Waals surface area contributed by atoms with Gasteiger partial charge in [0.15, 0.2) is 5.82 Å². The lowest BCUT2D eigenvalue weighted by Crippen LogP contribution is -2.16. The van der Waals surface area contributed by atoms with Crippen LogP contribution in [0.3, 0.4) is 0 Å². The molecule has 3 nitrogen and oxygen atoms in total. The summed E-state index contributed by atoms with van der Waals surface area (Å²) >= 11 is 0. The van der Waals surface area contributed by atoms with Crippen molar-refractivity contribution in [3.8, 4) is 50.7 Å². The van der Waals surface area contributed by atoms with Gasteiger partial charge in [0.2, 0.25) is 0 Å². The van der Waals surface area contributed by atoms with Crippen LogP contribution in [-0.4, -0.2) is 14.5 Å². The molecule has 0 radical (unpaired) electrons. The molecule has 0 atom stereocenters. The van der Waals surface area contributed by atoms with E-state index in [1.54, 1.807) is 0 Å². The van der Waals surface area contributed by atoms with Crippen LogP contribution in [0.1, 0.15) is 36.1 Å². The number of allylic oxidation sites excluding steroid dienone is 1. The number of nitrogens with zero attached hydrogens (tertiary/aromatic N) is 3. The SMILES string of the molecule is CC1(C)c2ccccc2-c2cc3c4c(c5c(cc4c21)c1ccccc1n5-c1cccc(-c2nc(-c4ccccc4)cc(-c4ccccc4)n2)c1)CC=C3. The van der Waals surface area contributed by atoms with E-state index >= 15 is 0 Å². The minimum Gasteiger partial charge on any atom is -0.309 e. The molecule has 0 unspecified atom stereocenters.